The van der Waals surface area contributed by atoms with Gasteiger partial charge in [0.15, 0.2) is 22.3 Å². The van der Waals surface area contributed by atoms with Gasteiger partial charge in [0.1, 0.15) is 23.0 Å². The van der Waals surface area contributed by atoms with Crippen LogP contribution < -0.4 is 41.4 Å². The molecule has 4 heterocycles. The Labute approximate surface area is 423 Å². The molecule has 0 bridgehead atoms. The highest BCUT2D eigenvalue weighted by Crippen LogP contribution is 2.32. The Morgan fingerprint density at radius 2 is 1.01 bits per heavy atom. The number of hydrogen-bond acceptors (Lipinski definition) is 12. The number of halogens is 7. The maximum atomic E-state index is 13.4. The smallest absolute Gasteiger partial charge is 0.425 e. The van der Waals surface area contributed by atoms with Crippen LogP contribution in [0.5, 0.6) is 35.0 Å². The van der Waals surface area contributed by atoms with Gasteiger partial charge in [0.2, 0.25) is 0 Å². The third kappa shape index (κ3) is 14.4. The highest BCUT2D eigenvalue weighted by Gasteiger charge is 2.32. The lowest BCUT2D eigenvalue weighted by molar-refractivity contribution is -0.275. The van der Waals surface area contributed by atoms with Gasteiger partial charge in [-0.05, 0) is 59.6 Å². The summed E-state index contributed by atoms with van der Waals surface area (Å²) in [6, 6.07) is 27.7. The SMILES string of the molecule is CCI.CCn1c(=O)n(CCCO)c(=O)c2c1nc(Oc1cccc(OC(F)(F)F)c1)n2Cc1ccccc1.O=c1[nH]c2nc(Oc3cccc(OC(F)(F)F)c3)n(Cc3ccccc3)c2c(=O)n1CCCO. The number of aryl methyl sites for hydroxylation is 1. The van der Waals surface area contributed by atoms with E-state index >= 15 is 0 Å². The molecule has 8 rings (SSSR count). The number of fused-ring (bicyclic) bond motifs is 2. The van der Waals surface area contributed by atoms with E-state index in [1.165, 1.54) is 42.4 Å². The molecule has 8 aromatic rings. The highest BCUT2D eigenvalue weighted by molar-refractivity contribution is 14.1. The maximum absolute atomic E-state index is 13.4. The summed E-state index contributed by atoms with van der Waals surface area (Å²) in [5, 5.41) is 18.3. The van der Waals surface area contributed by atoms with Gasteiger partial charge in [-0.1, -0.05) is 102 Å². The van der Waals surface area contributed by atoms with Crippen LogP contribution in [0.4, 0.5) is 26.3 Å². The molecular weight excluding hydrogens is 1090 g/mol. The van der Waals surface area contributed by atoms with E-state index < -0.39 is 46.7 Å². The van der Waals surface area contributed by atoms with Gasteiger partial charge in [0, 0.05) is 45.0 Å². The van der Waals surface area contributed by atoms with E-state index in [-0.39, 0.29) is 105 Å². The molecule has 0 spiro atoms. The summed E-state index contributed by atoms with van der Waals surface area (Å²) in [6.07, 6.45) is -9.36. The molecule has 388 valence electrons. The summed E-state index contributed by atoms with van der Waals surface area (Å²) < 4.78 is 103. The first-order chi connectivity index (χ1) is 34.9. The number of aliphatic hydroxyl groups is 2. The number of nitrogens with one attached hydrogen (secondary N) is 1. The van der Waals surface area contributed by atoms with Gasteiger partial charge in [-0.25, -0.2) is 9.59 Å². The molecule has 0 atom stereocenters. The van der Waals surface area contributed by atoms with Gasteiger partial charge in [-0.15, -0.1) is 26.3 Å². The Morgan fingerprint density at radius 3 is 1.48 bits per heavy atom. The molecular formula is C48H47F6IN8O10. The number of alkyl halides is 7. The third-order valence-corrected chi connectivity index (χ3v) is 10.2. The lowest BCUT2D eigenvalue weighted by atomic mass is 10.2. The van der Waals surface area contributed by atoms with E-state index in [0.717, 1.165) is 44.5 Å². The van der Waals surface area contributed by atoms with Crippen LogP contribution in [0.15, 0.2) is 128 Å². The fourth-order valence-electron chi connectivity index (χ4n) is 7.20. The zero-order chi connectivity index (χ0) is 52.9. The monoisotopic (exact) mass is 1140 g/mol. The number of benzene rings is 4. The van der Waals surface area contributed by atoms with E-state index in [9.17, 15) is 50.6 Å². The number of aliphatic hydroxyl groups excluding tert-OH is 2. The van der Waals surface area contributed by atoms with Crippen molar-refractivity contribution in [3.63, 3.8) is 0 Å². The Balaban J connectivity index is 0.000000226. The van der Waals surface area contributed by atoms with E-state index in [2.05, 4.69) is 53.9 Å². The van der Waals surface area contributed by atoms with Crippen LogP contribution in [0, 0.1) is 0 Å². The average Bonchev–Trinajstić information content (AvgIpc) is 3.85. The molecule has 4 aromatic heterocycles. The number of hydrogen-bond donors (Lipinski definition) is 3. The van der Waals surface area contributed by atoms with Gasteiger partial charge in [-0.2, -0.15) is 9.97 Å². The Kier molecular flexibility index (Phi) is 18.7. The van der Waals surface area contributed by atoms with Gasteiger partial charge >= 0.3 is 36.1 Å². The first-order valence-electron chi connectivity index (χ1n) is 22.3. The van der Waals surface area contributed by atoms with Crippen LogP contribution in [-0.4, -0.2) is 78.4 Å². The van der Waals surface area contributed by atoms with Crippen molar-refractivity contribution < 1.29 is 55.5 Å². The van der Waals surface area contributed by atoms with Gasteiger partial charge in [0.25, 0.3) is 11.1 Å². The lowest BCUT2D eigenvalue weighted by Gasteiger charge is -2.13. The first-order valence-corrected chi connectivity index (χ1v) is 23.8. The van der Waals surface area contributed by atoms with Crippen molar-refractivity contribution in [2.24, 2.45) is 0 Å². The first kappa shape index (κ1) is 54.9. The minimum atomic E-state index is -4.88. The molecule has 25 heteroatoms. The van der Waals surface area contributed by atoms with E-state index in [1.807, 2.05) is 48.5 Å². The van der Waals surface area contributed by atoms with E-state index in [1.54, 1.807) is 19.1 Å². The molecule has 0 unspecified atom stereocenters. The number of nitrogens with zero attached hydrogens (tertiary/aromatic N) is 7. The number of rotatable bonds is 17. The Hall–Kier alpha value is -7.39. The van der Waals surface area contributed by atoms with E-state index in [4.69, 9.17) is 14.6 Å². The summed E-state index contributed by atoms with van der Waals surface area (Å²) >= 11 is 2.29. The number of ether oxygens (including phenoxy) is 4. The third-order valence-electron chi connectivity index (χ3n) is 10.2. The average molecular weight is 1140 g/mol. The molecule has 0 aliphatic carbocycles. The zero-order valence-corrected chi connectivity index (χ0v) is 41.1. The summed E-state index contributed by atoms with van der Waals surface area (Å²) in [5.41, 5.74) is -0.775. The second-order valence-electron chi connectivity index (χ2n) is 15.3. The molecule has 0 radical (unpaired) electrons. The molecule has 0 saturated carbocycles. The largest absolute Gasteiger partial charge is 0.573 e. The summed E-state index contributed by atoms with van der Waals surface area (Å²) in [4.78, 5) is 63.1. The standard InChI is InChI=1S/C24H23F3N4O5.C22H19F3N4O5.C2H5I/c1-2-29-20-19(21(33)30(23(29)34)12-7-13-32)31(15-16-8-4-3-5-9-16)22(28-20)35-17-10-6-11-18(14-17)36-24(25,26)27;23-22(24,25)34-16-9-4-8-15(12-16)33-21-27-18-17(29(21)13-14-6-2-1-3-7-14)19(31)28(10-5-11-30)20(32)26-18;1-2-3/h3-6,8-11,14,32H,2,7,12-13,15H2,1H3;1-4,6-9,12,30H,5,10-11,13H2,(H,26,32);2H2,1H3. The van der Waals surface area contributed by atoms with Crippen LogP contribution in [0.25, 0.3) is 22.3 Å². The summed E-state index contributed by atoms with van der Waals surface area (Å²) in [6.45, 7) is 3.89. The van der Waals surface area contributed by atoms with Crippen molar-refractivity contribution in [3.8, 4) is 35.0 Å². The zero-order valence-electron chi connectivity index (χ0n) is 38.9. The van der Waals surface area contributed by atoms with Crippen molar-refractivity contribution >= 4 is 44.9 Å². The van der Waals surface area contributed by atoms with Crippen molar-refractivity contribution in [1.29, 1.82) is 0 Å². The predicted octanol–water partition coefficient (Wildman–Crippen LogP) is 7.95. The van der Waals surface area contributed by atoms with Crippen LogP contribution in [0.3, 0.4) is 0 Å². The predicted molar refractivity (Wildman–Crippen MR) is 264 cm³/mol. The van der Waals surface area contributed by atoms with Crippen molar-refractivity contribution in [2.75, 3.05) is 17.6 Å². The minimum absolute atomic E-state index is 0.00707. The second kappa shape index (κ2) is 24.8. The maximum Gasteiger partial charge on any atom is 0.573 e. The molecule has 0 fully saturated rings. The highest BCUT2D eigenvalue weighted by atomic mass is 127. The molecule has 0 aliphatic heterocycles. The fourth-order valence-corrected chi connectivity index (χ4v) is 7.20. The van der Waals surface area contributed by atoms with Crippen LogP contribution in [0.1, 0.15) is 37.8 Å². The molecule has 18 nitrogen and oxygen atoms in total. The van der Waals surface area contributed by atoms with E-state index in [0.29, 0.717) is 0 Å². The van der Waals surface area contributed by atoms with Crippen LogP contribution in [-0.2, 0) is 32.7 Å². The number of aromatic amines is 1. The summed E-state index contributed by atoms with van der Waals surface area (Å²) in [5.74, 6) is -1.00. The fraction of sp³-hybridized carbons (Fsp3) is 0.292. The Morgan fingerprint density at radius 1 is 0.575 bits per heavy atom. The Bertz CT molecular complexity index is 3360. The topological polar surface area (TPSA) is 212 Å². The molecule has 0 amide bonds. The quantitative estimate of drug-likeness (QED) is 0.0451. The minimum Gasteiger partial charge on any atom is -0.425 e. The molecule has 0 aliphatic rings. The number of aromatic nitrogens is 8. The van der Waals surface area contributed by atoms with Crippen LogP contribution in [0.2, 0.25) is 0 Å². The summed E-state index contributed by atoms with van der Waals surface area (Å²) in [7, 11) is 0. The molecule has 73 heavy (non-hydrogen) atoms. The molecule has 4 aromatic carbocycles. The van der Waals surface area contributed by atoms with Crippen LogP contribution >= 0.6 is 22.6 Å². The van der Waals surface area contributed by atoms with Gasteiger partial charge < -0.3 is 29.2 Å². The lowest BCUT2D eigenvalue weighted by Crippen LogP contribution is -2.40. The second-order valence-corrected chi connectivity index (χ2v) is 16.9. The van der Waals surface area contributed by atoms with Crippen molar-refractivity contribution in [2.45, 2.75) is 72.1 Å². The number of H-pyrrole nitrogens is 1. The number of imidazole rings is 2. The molecule has 0 saturated heterocycles. The molecule has 3 N–H and O–H groups in total. The van der Waals surface area contributed by atoms with Crippen molar-refractivity contribution in [1.82, 2.24) is 37.8 Å². The van der Waals surface area contributed by atoms with Gasteiger partial charge in [-0.3, -0.25) is 37.4 Å². The van der Waals surface area contributed by atoms with Crippen molar-refractivity contribution in [3.05, 3.63) is 162 Å². The normalized spacial score (nSPS) is 11.4. The van der Waals surface area contributed by atoms with Gasteiger partial charge in [0.05, 0.1) is 13.1 Å².